The third-order valence-electron chi connectivity index (χ3n) is 3.15. The summed E-state index contributed by atoms with van der Waals surface area (Å²) in [5, 5.41) is 10.2. The molecule has 4 N–H and O–H groups in total. The Balaban J connectivity index is 0.00000242. The van der Waals surface area contributed by atoms with Crippen LogP contribution in [-0.2, 0) is 20.0 Å². The van der Waals surface area contributed by atoms with Gasteiger partial charge in [-0.15, -0.1) is 12.4 Å². The number of hydrogen-bond acceptors (Lipinski definition) is 5. The van der Waals surface area contributed by atoms with E-state index < -0.39 is 23.4 Å². The number of amidine groups is 1. The molecule has 1 heterocycles. The van der Waals surface area contributed by atoms with E-state index in [0.29, 0.717) is 16.2 Å². The zero-order valence-corrected chi connectivity index (χ0v) is 12.7. The van der Waals surface area contributed by atoms with Crippen LogP contribution in [0.5, 0.6) is 0 Å². The molecule has 1 aromatic rings. The Morgan fingerprint density at radius 3 is 2.32 bits per heavy atom. The molecule has 22 heavy (non-hydrogen) atoms. The largest absolute Gasteiger partial charge is 0.384 e. The van der Waals surface area contributed by atoms with Crippen LogP contribution in [0, 0.1) is 5.41 Å². The summed E-state index contributed by atoms with van der Waals surface area (Å²) in [5.41, 5.74) is 4.99. The molecular formula is C13H15ClN4O4. The number of rotatable bonds is 3. The van der Waals surface area contributed by atoms with Crippen molar-refractivity contribution in [3.8, 4) is 0 Å². The van der Waals surface area contributed by atoms with E-state index in [4.69, 9.17) is 11.1 Å². The molecule has 0 radical (unpaired) electrons. The molecule has 118 valence electrons. The number of imide groups is 1. The Bertz CT molecular complexity index is 646. The fourth-order valence-corrected chi connectivity index (χ4v) is 2.00. The van der Waals surface area contributed by atoms with E-state index in [0.717, 1.165) is 6.92 Å². The number of nitrogen functional groups attached to an aromatic ring is 1. The molecule has 1 saturated heterocycles. The number of carbonyl (C=O) groups is 3. The van der Waals surface area contributed by atoms with Gasteiger partial charge >= 0.3 is 12.0 Å². The Morgan fingerprint density at radius 2 is 1.86 bits per heavy atom. The number of hydrogen-bond donors (Lipinski definition) is 3. The Labute approximate surface area is 132 Å². The van der Waals surface area contributed by atoms with E-state index in [9.17, 15) is 14.4 Å². The molecule has 1 aromatic carbocycles. The first kappa shape index (κ1) is 17.4. The number of nitrogens with two attached hydrogens (primary N) is 1. The summed E-state index contributed by atoms with van der Waals surface area (Å²) in [4.78, 5) is 39.6. The van der Waals surface area contributed by atoms with E-state index in [1.54, 1.807) is 24.3 Å². The number of nitrogens with zero attached hydrogens (tertiary/aromatic N) is 1. The van der Waals surface area contributed by atoms with Crippen LogP contribution in [0.15, 0.2) is 24.3 Å². The average Bonchev–Trinajstić information content (AvgIpc) is 2.63. The van der Waals surface area contributed by atoms with Crippen LogP contribution in [0.3, 0.4) is 0 Å². The summed E-state index contributed by atoms with van der Waals surface area (Å²) in [6.07, 6.45) is 0. The molecule has 1 atom stereocenters. The van der Waals surface area contributed by atoms with Crippen LogP contribution >= 0.6 is 12.4 Å². The number of urea groups is 1. The fourth-order valence-electron chi connectivity index (χ4n) is 2.00. The number of halogens is 1. The van der Waals surface area contributed by atoms with Crippen molar-refractivity contribution >= 4 is 36.2 Å². The molecule has 0 unspecified atom stereocenters. The Kier molecular flexibility index (Phi) is 4.77. The minimum atomic E-state index is -1.35. The van der Waals surface area contributed by atoms with E-state index in [1.165, 1.54) is 6.92 Å². The molecule has 1 fully saturated rings. The number of nitrogens with one attached hydrogen (secondary N) is 2. The van der Waals surface area contributed by atoms with Crippen molar-refractivity contribution in [3.63, 3.8) is 0 Å². The van der Waals surface area contributed by atoms with Crippen molar-refractivity contribution in [3.05, 3.63) is 35.4 Å². The highest BCUT2D eigenvalue weighted by atomic mass is 35.5. The standard InChI is InChI=1S/C13H14N4O4.ClH/c1-7(18)21-17-11(19)13(2,16-12(17)20)9-5-3-8(4-6-9)10(14)15;/h3-6H,1-2H3,(H3,14,15)(H,16,20);1H/t13-;/m0./s1. The third-order valence-corrected chi connectivity index (χ3v) is 3.15. The predicted molar refractivity (Wildman–Crippen MR) is 79.2 cm³/mol. The van der Waals surface area contributed by atoms with Crippen molar-refractivity contribution in [2.45, 2.75) is 19.4 Å². The predicted octanol–water partition coefficient (Wildman–Crippen LogP) is 0.638. The first-order chi connectivity index (χ1) is 9.75. The van der Waals surface area contributed by atoms with Crippen LogP contribution in [0.1, 0.15) is 25.0 Å². The van der Waals surface area contributed by atoms with Gasteiger partial charge in [-0.1, -0.05) is 29.3 Å². The fraction of sp³-hybridized carbons (Fsp3) is 0.231. The lowest BCUT2D eigenvalue weighted by Crippen LogP contribution is -2.41. The zero-order chi connectivity index (χ0) is 15.8. The van der Waals surface area contributed by atoms with Crippen molar-refractivity contribution in [2.75, 3.05) is 0 Å². The SMILES string of the molecule is CC(=O)ON1C(=O)N[C@@](C)(c2ccc(C(=N)N)cc2)C1=O.Cl. The monoisotopic (exact) mass is 326 g/mol. The molecule has 2 rings (SSSR count). The van der Waals surface area contributed by atoms with Gasteiger partial charge in [-0.3, -0.25) is 10.2 Å². The zero-order valence-electron chi connectivity index (χ0n) is 11.9. The smallest absolute Gasteiger partial charge is 0.359 e. The first-order valence-corrected chi connectivity index (χ1v) is 6.06. The lowest BCUT2D eigenvalue weighted by molar-refractivity contribution is -0.182. The van der Waals surface area contributed by atoms with Gasteiger partial charge in [-0.2, -0.15) is 0 Å². The molecular weight excluding hydrogens is 312 g/mol. The summed E-state index contributed by atoms with van der Waals surface area (Å²) in [6, 6.07) is 5.47. The summed E-state index contributed by atoms with van der Waals surface area (Å²) in [5.74, 6) is -1.57. The number of carbonyl (C=O) groups excluding carboxylic acids is 3. The highest BCUT2D eigenvalue weighted by Gasteiger charge is 2.51. The topological polar surface area (TPSA) is 126 Å². The van der Waals surface area contributed by atoms with Crippen LogP contribution in [0.25, 0.3) is 0 Å². The van der Waals surface area contributed by atoms with Gasteiger partial charge in [0.1, 0.15) is 11.4 Å². The molecule has 1 aliphatic rings. The maximum Gasteiger partial charge on any atom is 0.359 e. The third kappa shape index (κ3) is 2.86. The molecule has 0 bridgehead atoms. The van der Waals surface area contributed by atoms with Gasteiger partial charge < -0.3 is 15.9 Å². The molecule has 0 saturated carbocycles. The van der Waals surface area contributed by atoms with Gasteiger partial charge in [0.15, 0.2) is 0 Å². The first-order valence-electron chi connectivity index (χ1n) is 6.06. The molecule has 3 amide bonds. The van der Waals surface area contributed by atoms with Crippen molar-refractivity contribution < 1.29 is 19.2 Å². The molecule has 0 aliphatic carbocycles. The van der Waals surface area contributed by atoms with E-state index >= 15 is 0 Å². The normalized spacial score (nSPS) is 20.2. The van der Waals surface area contributed by atoms with E-state index in [-0.39, 0.29) is 18.2 Å². The Morgan fingerprint density at radius 1 is 1.32 bits per heavy atom. The second kappa shape index (κ2) is 6.02. The van der Waals surface area contributed by atoms with Crippen LogP contribution in [-0.4, -0.2) is 28.8 Å². The van der Waals surface area contributed by atoms with Gasteiger partial charge in [0.25, 0.3) is 5.91 Å². The van der Waals surface area contributed by atoms with Crippen molar-refractivity contribution in [1.82, 2.24) is 10.4 Å². The highest BCUT2D eigenvalue weighted by molar-refractivity contribution is 6.07. The summed E-state index contributed by atoms with van der Waals surface area (Å²) in [7, 11) is 0. The quantitative estimate of drug-likeness (QED) is 0.427. The molecule has 9 heteroatoms. The van der Waals surface area contributed by atoms with Gasteiger partial charge in [0, 0.05) is 12.5 Å². The minimum absolute atomic E-state index is 0. The molecule has 8 nitrogen and oxygen atoms in total. The summed E-state index contributed by atoms with van der Waals surface area (Å²) < 4.78 is 0. The van der Waals surface area contributed by atoms with Gasteiger partial charge in [0.2, 0.25) is 0 Å². The van der Waals surface area contributed by atoms with E-state index in [1.807, 2.05) is 0 Å². The van der Waals surface area contributed by atoms with E-state index in [2.05, 4.69) is 10.2 Å². The van der Waals surface area contributed by atoms with Gasteiger partial charge in [-0.25, -0.2) is 9.59 Å². The second-order valence-corrected chi connectivity index (χ2v) is 4.73. The highest BCUT2D eigenvalue weighted by Crippen LogP contribution is 2.29. The maximum absolute atomic E-state index is 12.3. The number of amides is 3. The van der Waals surface area contributed by atoms with Gasteiger partial charge in [-0.05, 0) is 12.5 Å². The van der Waals surface area contributed by atoms with Crippen LogP contribution in [0.4, 0.5) is 4.79 Å². The average molecular weight is 327 g/mol. The van der Waals surface area contributed by atoms with Gasteiger partial charge in [0.05, 0.1) is 0 Å². The summed E-state index contributed by atoms with van der Waals surface area (Å²) in [6.45, 7) is 2.59. The lowest BCUT2D eigenvalue weighted by atomic mass is 9.91. The van der Waals surface area contributed by atoms with Crippen molar-refractivity contribution in [1.29, 1.82) is 5.41 Å². The lowest BCUT2D eigenvalue weighted by Gasteiger charge is -2.21. The second-order valence-electron chi connectivity index (χ2n) is 4.73. The minimum Gasteiger partial charge on any atom is -0.384 e. The Hall–Kier alpha value is -2.61. The van der Waals surface area contributed by atoms with Crippen LogP contribution < -0.4 is 11.1 Å². The molecule has 0 spiro atoms. The maximum atomic E-state index is 12.3. The number of hydroxylamine groups is 2. The summed E-state index contributed by atoms with van der Waals surface area (Å²) >= 11 is 0. The van der Waals surface area contributed by atoms with Crippen molar-refractivity contribution in [2.24, 2.45) is 5.73 Å². The molecule has 1 aliphatic heterocycles. The van der Waals surface area contributed by atoms with Crippen LogP contribution in [0.2, 0.25) is 0 Å². The molecule has 0 aromatic heterocycles. The number of benzene rings is 1.